The lowest BCUT2D eigenvalue weighted by Crippen LogP contribution is -2.55. The molecule has 1 saturated heterocycles. The molecule has 5 atom stereocenters. The van der Waals surface area contributed by atoms with Crippen molar-refractivity contribution in [1.82, 2.24) is 4.98 Å². The Bertz CT molecular complexity index is 971. The smallest absolute Gasteiger partial charge is 0.113 e. The first-order valence-corrected chi connectivity index (χ1v) is 10.3. The van der Waals surface area contributed by atoms with Crippen LogP contribution in [0.3, 0.4) is 0 Å². The van der Waals surface area contributed by atoms with Gasteiger partial charge in [0.2, 0.25) is 0 Å². The fourth-order valence-electron chi connectivity index (χ4n) is 3.60. The molecule has 0 radical (unpaired) electrons. The molecule has 6 nitrogen and oxygen atoms in total. The van der Waals surface area contributed by atoms with Crippen LogP contribution in [0.25, 0.3) is 22.4 Å². The summed E-state index contributed by atoms with van der Waals surface area (Å²) in [6, 6.07) is 15.5. The fraction of sp³-hybridized carbons (Fsp3) is 0.318. The third-order valence-electron chi connectivity index (χ3n) is 5.24. The highest BCUT2D eigenvalue weighted by atomic mass is 32.1. The molecule has 2 heterocycles. The highest BCUT2D eigenvalue weighted by molar-refractivity contribution is 7.09. The molecule has 1 aliphatic rings. The molecule has 7 heteroatoms. The van der Waals surface area contributed by atoms with Gasteiger partial charge < -0.3 is 25.2 Å². The molecule has 5 unspecified atom stereocenters. The van der Waals surface area contributed by atoms with Crippen LogP contribution in [0.15, 0.2) is 53.9 Å². The minimum absolute atomic E-state index is 0.446. The molecule has 29 heavy (non-hydrogen) atoms. The second-order valence-corrected chi connectivity index (χ2v) is 8.27. The zero-order chi connectivity index (χ0) is 20.5. The first kappa shape index (κ1) is 20.2. The van der Waals surface area contributed by atoms with Gasteiger partial charge in [-0.3, -0.25) is 0 Å². The fourth-order valence-corrected chi connectivity index (χ4v) is 4.22. The van der Waals surface area contributed by atoms with Crippen LogP contribution >= 0.6 is 11.3 Å². The summed E-state index contributed by atoms with van der Waals surface area (Å²) in [5, 5.41) is 42.9. The summed E-state index contributed by atoms with van der Waals surface area (Å²) in [7, 11) is 0. The van der Waals surface area contributed by atoms with Crippen LogP contribution in [-0.4, -0.2) is 56.4 Å². The van der Waals surface area contributed by atoms with Gasteiger partial charge in [-0.05, 0) is 29.7 Å². The number of hydrogen-bond donors (Lipinski definition) is 4. The number of aromatic nitrogens is 1. The van der Waals surface area contributed by atoms with Crippen molar-refractivity contribution in [2.24, 2.45) is 0 Å². The number of aliphatic hydroxyl groups is 4. The Kier molecular flexibility index (Phi) is 5.78. The molecule has 0 saturated carbocycles. The zero-order valence-corrected chi connectivity index (χ0v) is 16.7. The summed E-state index contributed by atoms with van der Waals surface area (Å²) in [5.74, 6) is 0. The second-order valence-electron chi connectivity index (χ2n) is 7.20. The molecule has 0 aliphatic carbocycles. The lowest BCUT2D eigenvalue weighted by molar-refractivity contribution is -0.231. The number of hydrogen-bond acceptors (Lipinski definition) is 7. The van der Waals surface area contributed by atoms with E-state index in [0.717, 1.165) is 27.4 Å². The van der Waals surface area contributed by atoms with Crippen LogP contribution in [0.2, 0.25) is 0 Å². The van der Waals surface area contributed by atoms with Crippen LogP contribution in [0.1, 0.15) is 16.7 Å². The number of aryl methyl sites for hydroxylation is 1. The van der Waals surface area contributed by atoms with E-state index in [0.29, 0.717) is 5.56 Å². The highest BCUT2D eigenvalue weighted by Crippen LogP contribution is 2.34. The summed E-state index contributed by atoms with van der Waals surface area (Å²) in [4.78, 5) is 4.50. The predicted octanol–water partition coefficient (Wildman–Crippen LogP) is 2.30. The van der Waals surface area contributed by atoms with Crippen LogP contribution in [0.4, 0.5) is 0 Å². The monoisotopic (exact) mass is 413 g/mol. The molecule has 2 aromatic carbocycles. The van der Waals surface area contributed by atoms with Gasteiger partial charge in [0.1, 0.15) is 30.5 Å². The maximum absolute atomic E-state index is 10.4. The molecule has 0 bridgehead atoms. The van der Waals surface area contributed by atoms with E-state index in [9.17, 15) is 20.4 Å². The van der Waals surface area contributed by atoms with Crippen LogP contribution in [0.5, 0.6) is 0 Å². The Hall–Kier alpha value is -2.13. The van der Waals surface area contributed by atoms with Crippen molar-refractivity contribution >= 4 is 11.3 Å². The van der Waals surface area contributed by atoms with Gasteiger partial charge in [-0.1, -0.05) is 42.5 Å². The zero-order valence-electron chi connectivity index (χ0n) is 15.8. The Morgan fingerprint density at radius 1 is 0.931 bits per heavy atom. The van der Waals surface area contributed by atoms with E-state index >= 15 is 0 Å². The van der Waals surface area contributed by atoms with E-state index in [1.807, 2.05) is 54.8 Å². The molecule has 1 aliphatic heterocycles. The van der Waals surface area contributed by atoms with Gasteiger partial charge in [0.15, 0.2) is 0 Å². The minimum Gasteiger partial charge on any atom is -0.394 e. The molecule has 3 aromatic rings. The van der Waals surface area contributed by atoms with Crippen LogP contribution in [0, 0.1) is 6.92 Å². The predicted molar refractivity (Wildman–Crippen MR) is 110 cm³/mol. The molecule has 152 valence electrons. The Morgan fingerprint density at radius 2 is 1.66 bits per heavy atom. The summed E-state index contributed by atoms with van der Waals surface area (Å²) < 4.78 is 5.67. The molecule has 4 N–H and O–H groups in total. The third kappa shape index (κ3) is 3.98. The van der Waals surface area contributed by atoms with E-state index < -0.39 is 37.1 Å². The average Bonchev–Trinajstić information content (AvgIpc) is 3.19. The Morgan fingerprint density at radius 3 is 2.31 bits per heavy atom. The number of nitrogens with zero attached hydrogens (tertiary/aromatic N) is 1. The molecule has 0 spiro atoms. The van der Waals surface area contributed by atoms with Gasteiger partial charge in [-0.25, -0.2) is 4.98 Å². The van der Waals surface area contributed by atoms with E-state index in [2.05, 4.69) is 4.98 Å². The largest absolute Gasteiger partial charge is 0.394 e. The Labute approximate surface area is 172 Å². The van der Waals surface area contributed by atoms with E-state index in [1.165, 1.54) is 0 Å². The first-order valence-electron chi connectivity index (χ1n) is 9.41. The van der Waals surface area contributed by atoms with Gasteiger partial charge in [0, 0.05) is 10.9 Å². The molecule has 1 aromatic heterocycles. The van der Waals surface area contributed by atoms with Crippen molar-refractivity contribution in [1.29, 1.82) is 0 Å². The lowest BCUT2D eigenvalue weighted by atomic mass is 9.90. The van der Waals surface area contributed by atoms with Crippen molar-refractivity contribution in [3.8, 4) is 22.4 Å². The minimum atomic E-state index is -1.39. The average molecular weight is 413 g/mol. The Balaban J connectivity index is 1.60. The molecular formula is C22H23NO5S. The van der Waals surface area contributed by atoms with Crippen molar-refractivity contribution in [2.45, 2.75) is 37.4 Å². The van der Waals surface area contributed by atoms with Crippen molar-refractivity contribution in [3.63, 3.8) is 0 Å². The van der Waals surface area contributed by atoms with E-state index in [1.54, 1.807) is 17.4 Å². The molecular weight excluding hydrogens is 390 g/mol. The molecule has 0 amide bonds. The van der Waals surface area contributed by atoms with Crippen molar-refractivity contribution < 1.29 is 25.2 Å². The summed E-state index contributed by atoms with van der Waals surface area (Å²) >= 11 is 1.62. The van der Waals surface area contributed by atoms with E-state index in [-0.39, 0.29) is 0 Å². The van der Waals surface area contributed by atoms with Gasteiger partial charge in [0.05, 0.1) is 17.3 Å². The van der Waals surface area contributed by atoms with Crippen molar-refractivity contribution in [2.75, 3.05) is 6.61 Å². The normalized spacial score (nSPS) is 27.1. The number of aliphatic hydroxyl groups excluding tert-OH is 4. The summed E-state index contributed by atoms with van der Waals surface area (Å²) in [6.07, 6.45) is -5.82. The summed E-state index contributed by atoms with van der Waals surface area (Å²) in [6.45, 7) is 1.53. The first-order chi connectivity index (χ1) is 14.0. The van der Waals surface area contributed by atoms with Crippen LogP contribution in [-0.2, 0) is 4.74 Å². The number of ether oxygens (including phenoxy) is 1. The molecule has 4 rings (SSSR count). The number of benzene rings is 2. The highest BCUT2D eigenvalue weighted by Gasteiger charge is 2.43. The maximum Gasteiger partial charge on any atom is 0.113 e. The van der Waals surface area contributed by atoms with E-state index in [4.69, 9.17) is 4.74 Å². The van der Waals surface area contributed by atoms with Gasteiger partial charge >= 0.3 is 0 Å². The van der Waals surface area contributed by atoms with Gasteiger partial charge in [-0.2, -0.15) is 0 Å². The summed E-state index contributed by atoms with van der Waals surface area (Å²) in [5.41, 5.74) is 4.59. The van der Waals surface area contributed by atoms with Gasteiger partial charge in [-0.15, -0.1) is 11.3 Å². The topological polar surface area (TPSA) is 103 Å². The van der Waals surface area contributed by atoms with Gasteiger partial charge in [0.25, 0.3) is 0 Å². The number of rotatable bonds is 4. The van der Waals surface area contributed by atoms with Crippen LogP contribution < -0.4 is 0 Å². The standard InChI is InChI=1S/C22H23NO5S/c1-12-23-17(11-29-12)14-7-5-13(6-8-14)15-3-2-4-16(9-15)22-21(27)20(26)19(25)18(10-24)28-22/h2-9,11,18-22,24-27H,10H2,1H3. The van der Waals surface area contributed by atoms with Crippen molar-refractivity contribution in [3.05, 3.63) is 64.5 Å². The maximum atomic E-state index is 10.4. The SMILES string of the molecule is Cc1nc(-c2ccc(-c3cccc(C4OC(CO)C(O)C(O)C4O)c3)cc2)cs1. The number of thiazole rings is 1. The third-order valence-corrected chi connectivity index (χ3v) is 6.01. The molecule has 1 fully saturated rings. The second kappa shape index (κ2) is 8.31. The quantitative estimate of drug-likeness (QED) is 0.523. The lowest BCUT2D eigenvalue weighted by Gasteiger charge is -2.40.